The van der Waals surface area contributed by atoms with Crippen LogP contribution in [0.2, 0.25) is 0 Å². The number of halogens is 1. The number of hydrogen-bond acceptors (Lipinski definition) is 3. The first-order chi connectivity index (χ1) is 15.5. The van der Waals surface area contributed by atoms with E-state index >= 15 is 0 Å². The largest absolute Gasteiger partial charge is 0.293 e. The summed E-state index contributed by atoms with van der Waals surface area (Å²) < 4.78 is 14.6. The van der Waals surface area contributed by atoms with E-state index in [-0.39, 0.29) is 17.6 Å². The number of ketones is 1. The highest BCUT2D eigenvalue weighted by Crippen LogP contribution is 2.63. The van der Waals surface area contributed by atoms with Crippen LogP contribution in [0.1, 0.15) is 96.1 Å². The molecule has 2 unspecified atom stereocenters. The van der Waals surface area contributed by atoms with Crippen LogP contribution in [0.25, 0.3) is 0 Å². The quantitative estimate of drug-likeness (QED) is 0.392. The van der Waals surface area contributed by atoms with E-state index in [2.05, 4.69) is 13.8 Å². The fraction of sp³-hybridized carbons (Fsp3) is 0.714. The topological polar surface area (TPSA) is 32.7 Å². The van der Waals surface area contributed by atoms with Crippen molar-refractivity contribution in [3.63, 3.8) is 0 Å². The number of hydrazone groups is 1. The number of hydrogen-bond donors (Lipinski definition) is 0. The highest BCUT2D eigenvalue weighted by molar-refractivity contribution is 6.40. The summed E-state index contributed by atoms with van der Waals surface area (Å²) in [4.78, 5) is 13.4. The molecular formula is C28H39FN2O. The second-order valence-electron chi connectivity index (χ2n) is 11.5. The lowest BCUT2D eigenvalue weighted by Gasteiger charge is -2.59. The van der Waals surface area contributed by atoms with Crippen LogP contribution in [0.15, 0.2) is 29.4 Å². The van der Waals surface area contributed by atoms with Crippen molar-refractivity contribution >= 4 is 11.5 Å². The highest BCUT2D eigenvalue weighted by atomic mass is 19.1. The fourth-order valence-corrected chi connectivity index (χ4v) is 7.86. The van der Waals surface area contributed by atoms with Gasteiger partial charge in [0.15, 0.2) is 5.78 Å². The SMILES string of the molecule is CCCCCN1N=C(C(=O)CC(C)C23CC4CC(CC(C4)C2)C3)CC1c1ccccc1F. The third-order valence-corrected chi connectivity index (χ3v) is 9.20. The molecule has 6 rings (SSSR count). The normalized spacial score (nSPS) is 34.1. The van der Waals surface area contributed by atoms with Crippen molar-refractivity contribution in [1.29, 1.82) is 0 Å². The Morgan fingerprint density at radius 1 is 1.12 bits per heavy atom. The predicted molar refractivity (Wildman–Crippen MR) is 127 cm³/mol. The molecule has 0 saturated heterocycles. The number of unbranched alkanes of at least 4 members (excludes halogenated alkanes) is 2. The third kappa shape index (κ3) is 4.15. The Morgan fingerprint density at radius 3 is 2.41 bits per heavy atom. The third-order valence-electron chi connectivity index (χ3n) is 9.20. The van der Waals surface area contributed by atoms with Gasteiger partial charge in [0.05, 0.1) is 6.04 Å². The summed E-state index contributed by atoms with van der Waals surface area (Å²) in [5, 5.41) is 6.79. The number of carbonyl (C=O) groups excluding carboxylic acids is 1. The van der Waals surface area contributed by atoms with Gasteiger partial charge in [0, 0.05) is 24.9 Å². The maximum Gasteiger partial charge on any atom is 0.179 e. The van der Waals surface area contributed by atoms with Crippen LogP contribution in [-0.2, 0) is 4.79 Å². The Balaban J connectivity index is 1.29. The Kier molecular flexibility index (Phi) is 6.15. The van der Waals surface area contributed by atoms with Gasteiger partial charge in [0.25, 0.3) is 0 Å². The van der Waals surface area contributed by atoms with Gasteiger partial charge in [-0.2, -0.15) is 5.10 Å². The lowest BCUT2D eigenvalue weighted by Crippen LogP contribution is -2.49. The van der Waals surface area contributed by atoms with Crippen molar-refractivity contribution in [3.8, 4) is 0 Å². The first kappa shape index (κ1) is 22.1. The van der Waals surface area contributed by atoms with Crippen molar-refractivity contribution in [2.75, 3.05) is 6.54 Å². The van der Waals surface area contributed by atoms with Crippen molar-refractivity contribution in [1.82, 2.24) is 5.01 Å². The summed E-state index contributed by atoms with van der Waals surface area (Å²) >= 11 is 0. The monoisotopic (exact) mass is 438 g/mol. The molecule has 32 heavy (non-hydrogen) atoms. The summed E-state index contributed by atoms with van der Waals surface area (Å²) in [6.07, 6.45) is 12.7. The van der Waals surface area contributed by atoms with Gasteiger partial charge in [-0.3, -0.25) is 9.80 Å². The molecule has 1 aromatic carbocycles. The van der Waals surface area contributed by atoms with E-state index in [1.165, 1.54) is 44.6 Å². The number of Topliss-reactive ketones (excluding diaryl/α,β-unsaturated/α-hetero) is 1. The van der Waals surface area contributed by atoms with Gasteiger partial charge in [-0.25, -0.2) is 4.39 Å². The van der Waals surface area contributed by atoms with Gasteiger partial charge in [-0.15, -0.1) is 0 Å². The molecular weight excluding hydrogens is 399 g/mol. The fourth-order valence-electron chi connectivity index (χ4n) is 7.86. The first-order valence-electron chi connectivity index (χ1n) is 13.1. The van der Waals surface area contributed by atoms with Crippen LogP contribution in [0.4, 0.5) is 4.39 Å². The molecule has 0 amide bonds. The number of nitrogens with zero attached hydrogens (tertiary/aromatic N) is 2. The molecule has 4 aliphatic carbocycles. The van der Waals surface area contributed by atoms with Gasteiger partial charge >= 0.3 is 0 Å². The molecule has 0 aromatic heterocycles. The zero-order valence-electron chi connectivity index (χ0n) is 19.9. The zero-order valence-corrected chi connectivity index (χ0v) is 19.9. The first-order valence-corrected chi connectivity index (χ1v) is 13.1. The Morgan fingerprint density at radius 2 is 1.78 bits per heavy atom. The molecule has 5 aliphatic rings. The molecule has 4 heteroatoms. The molecule has 0 spiro atoms. The molecule has 1 aliphatic heterocycles. The minimum absolute atomic E-state index is 0.151. The smallest absolute Gasteiger partial charge is 0.179 e. The van der Waals surface area contributed by atoms with Gasteiger partial charge < -0.3 is 0 Å². The van der Waals surface area contributed by atoms with E-state index < -0.39 is 0 Å². The van der Waals surface area contributed by atoms with E-state index in [1.54, 1.807) is 6.07 Å². The maximum atomic E-state index is 14.6. The van der Waals surface area contributed by atoms with Gasteiger partial charge in [0.1, 0.15) is 11.5 Å². The van der Waals surface area contributed by atoms with E-state index in [1.807, 2.05) is 17.1 Å². The Labute approximate surface area is 192 Å². The molecule has 0 N–H and O–H groups in total. The summed E-state index contributed by atoms with van der Waals surface area (Å²) in [5.74, 6) is 3.15. The number of benzene rings is 1. The Hall–Kier alpha value is -1.71. The highest BCUT2D eigenvalue weighted by Gasteiger charge is 2.53. The van der Waals surface area contributed by atoms with Crippen LogP contribution >= 0.6 is 0 Å². The van der Waals surface area contributed by atoms with E-state index in [9.17, 15) is 9.18 Å². The molecule has 4 saturated carbocycles. The van der Waals surface area contributed by atoms with Crippen LogP contribution in [0.3, 0.4) is 0 Å². The van der Waals surface area contributed by atoms with E-state index in [4.69, 9.17) is 5.10 Å². The van der Waals surface area contributed by atoms with E-state index in [0.717, 1.165) is 43.6 Å². The Bertz CT molecular complexity index is 843. The van der Waals surface area contributed by atoms with Crippen molar-refractivity contribution < 1.29 is 9.18 Å². The summed E-state index contributed by atoms with van der Waals surface area (Å²) in [7, 11) is 0. The average Bonchev–Trinajstić information content (AvgIpc) is 3.17. The van der Waals surface area contributed by atoms with Crippen LogP contribution in [0.5, 0.6) is 0 Å². The summed E-state index contributed by atoms with van der Waals surface area (Å²) in [6, 6.07) is 6.84. The lowest BCUT2D eigenvalue weighted by molar-refractivity contribution is -0.119. The number of carbonyl (C=O) groups is 1. The second-order valence-corrected chi connectivity index (χ2v) is 11.5. The average molecular weight is 439 g/mol. The lowest BCUT2D eigenvalue weighted by atomic mass is 9.46. The number of rotatable bonds is 9. The van der Waals surface area contributed by atoms with Gasteiger partial charge in [0.2, 0.25) is 0 Å². The second kappa shape index (κ2) is 8.91. The van der Waals surface area contributed by atoms with Gasteiger partial charge in [-0.05, 0) is 80.1 Å². The van der Waals surface area contributed by atoms with Crippen molar-refractivity contribution in [2.24, 2.45) is 34.2 Å². The van der Waals surface area contributed by atoms with Crippen LogP contribution < -0.4 is 0 Å². The predicted octanol–water partition coefficient (Wildman–Crippen LogP) is 6.93. The molecule has 1 aromatic rings. The van der Waals surface area contributed by atoms with Crippen LogP contribution in [0, 0.1) is 34.9 Å². The standard InChI is InChI=1S/C28H39FN2O/c1-3-4-7-10-31-26(23-8-5-6-9-24(23)29)15-25(30-31)27(32)11-19(2)28-16-20-12-21(17-28)14-22(13-20)18-28/h5-6,8-9,19-22,26H,3-4,7,10-18H2,1-2H3. The minimum Gasteiger partial charge on any atom is -0.293 e. The molecule has 4 bridgehead atoms. The minimum atomic E-state index is -0.191. The zero-order chi connectivity index (χ0) is 22.3. The molecule has 3 nitrogen and oxygen atoms in total. The molecule has 0 radical (unpaired) electrons. The van der Waals surface area contributed by atoms with Crippen molar-refractivity contribution in [2.45, 2.75) is 90.5 Å². The van der Waals surface area contributed by atoms with Crippen LogP contribution in [-0.4, -0.2) is 23.0 Å². The summed E-state index contributed by atoms with van der Waals surface area (Å²) in [6.45, 7) is 5.30. The van der Waals surface area contributed by atoms with E-state index in [0.29, 0.717) is 35.4 Å². The maximum absolute atomic E-state index is 14.6. The molecule has 174 valence electrons. The van der Waals surface area contributed by atoms with Crippen molar-refractivity contribution in [3.05, 3.63) is 35.6 Å². The summed E-state index contributed by atoms with van der Waals surface area (Å²) in [5.41, 5.74) is 1.73. The molecule has 2 atom stereocenters. The molecule has 1 heterocycles. The van der Waals surface area contributed by atoms with Gasteiger partial charge in [-0.1, -0.05) is 44.9 Å². The molecule has 4 fully saturated rings.